The maximum Gasteiger partial charge on any atom is 0.341 e. The van der Waals surface area contributed by atoms with Crippen molar-refractivity contribution < 1.29 is 19.1 Å². The van der Waals surface area contributed by atoms with Gasteiger partial charge in [-0.15, -0.1) is 0 Å². The zero-order valence-electron chi connectivity index (χ0n) is 13.9. The zero-order chi connectivity index (χ0) is 18.7. The Morgan fingerprint density at radius 2 is 2.08 bits per heavy atom. The maximum absolute atomic E-state index is 12.7. The van der Waals surface area contributed by atoms with Crippen LogP contribution in [0, 0.1) is 0 Å². The molecule has 3 rings (SSSR count). The lowest BCUT2D eigenvalue weighted by atomic mass is 10.1. The van der Waals surface area contributed by atoms with E-state index in [1.54, 1.807) is 37.3 Å². The van der Waals surface area contributed by atoms with Crippen LogP contribution >= 0.6 is 11.6 Å². The highest BCUT2D eigenvalue weighted by Crippen LogP contribution is 2.31. The van der Waals surface area contributed by atoms with Gasteiger partial charge in [-0.25, -0.2) is 9.78 Å². The van der Waals surface area contributed by atoms with E-state index in [1.807, 2.05) is 0 Å². The van der Waals surface area contributed by atoms with E-state index >= 15 is 0 Å². The maximum atomic E-state index is 12.7. The van der Waals surface area contributed by atoms with Gasteiger partial charge < -0.3 is 15.0 Å². The van der Waals surface area contributed by atoms with Gasteiger partial charge in [0.15, 0.2) is 6.61 Å². The smallest absolute Gasteiger partial charge is 0.341 e. The quantitative estimate of drug-likeness (QED) is 0.660. The summed E-state index contributed by atoms with van der Waals surface area (Å²) in [7, 11) is 0. The first kappa shape index (κ1) is 17.9. The van der Waals surface area contributed by atoms with Gasteiger partial charge in [-0.05, 0) is 31.2 Å². The monoisotopic (exact) mass is 373 g/mol. The predicted molar refractivity (Wildman–Crippen MR) is 96.2 cm³/mol. The third-order valence-corrected chi connectivity index (χ3v) is 4.23. The molecule has 1 aliphatic heterocycles. The lowest BCUT2D eigenvalue weighted by molar-refractivity contribution is -0.122. The van der Waals surface area contributed by atoms with Crippen LogP contribution in [0.1, 0.15) is 23.7 Å². The summed E-state index contributed by atoms with van der Waals surface area (Å²) in [6.45, 7) is 1.29. The molecule has 0 radical (unpaired) electrons. The average molecular weight is 374 g/mol. The fourth-order valence-corrected chi connectivity index (χ4v) is 2.98. The molecule has 1 aliphatic rings. The molecule has 0 fully saturated rings. The number of pyridine rings is 1. The normalized spacial score (nSPS) is 16.3. The first-order valence-electron chi connectivity index (χ1n) is 7.96. The van der Waals surface area contributed by atoms with Crippen molar-refractivity contribution in [2.75, 3.05) is 16.8 Å². The van der Waals surface area contributed by atoms with Gasteiger partial charge in [0.1, 0.15) is 5.15 Å². The van der Waals surface area contributed by atoms with E-state index in [2.05, 4.69) is 10.3 Å². The lowest BCUT2D eigenvalue weighted by Crippen LogP contribution is -2.41. The summed E-state index contributed by atoms with van der Waals surface area (Å²) in [5.41, 5.74) is 1.19. The minimum Gasteiger partial charge on any atom is -0.452 e. The number of hydrogen-bond acceptors (Lipinski definition) is 5. The molecule has 0 unspecified atom stereocenters. The van der Waals surface area contributed by atoms with E-state index in [0.717, 1.165) is 0 Å². The number of carbonyl (C=O) groups is 3. The summed E-state index contributed by atoms with van der Waals surface area (Å²) >= 11 is 5.86. The minimum absolute atomic E-state index is 0.00762. The van der Waals surface area contributed by atoms with Crippen LogP contribution in [0.4, 0.5) is 11.4 Å². The topological polar surface area (TPSA) is 88.6 Å². The van der Waals surface area contributed by atoms with Crippen molar-refractivity contribution in [3.63, 3.8) is 0 Å². The molecule has 0 bridgehead atoms. The van der Waals surface area contributed by atoms with Crippen molar-refractivity contribution in [2.24, 2.45) is 0 Å². The van der Waals surface area contributed by atoms with E-state index in [9.17, 15) is 14.4 Å². The zero-order valence-corrected chi connectivity index (χ0v) is 14.7. The Hall–Kier alpha value is -2.93. The van der Waals surface area contributed by atoms with Crippen LogP contribution in [0.5, 0.6) is 0 Å². The first-order valence-corrected chi connectivity index (χ1v) is 8.33. The number of anilines is 2. The summed E-state index contributed by atoms with van der Waals surface area (Å²) in [4.78, 5) is 42.1. The highest BCUT2D eigenvalue weighted by Gasteiger charge is 2.30. The number of halogens is 1. The largest absolute Gasteiger partial charge is 0.452 e. The molecule has 2 heterocycles. The second-order valence-electron chi connectivity index (χ2n) is 5.80. The van der Waals surface area contributed by atoms with E-state index in [4.69, 9.17) is 16.3 Å². The second-order valence-corrected chi connectivity index (χ2v) is 6.16. The number of amides is 2. The van der Waals surface area contributed by atoms with Gasteiger partial charge in [-0.2, -0.15) is 0 Å². The molecule has 1 N–H and O–H groups in total. The molecule has 1 aromatic carbocycles. The Morgan fingerprint density at radius 1 is 1.31 bits per heavy atom. The molecule has 134 valence electrons. The Labute approximate surface area is 154 Å². The molecule has 1 atom stereocenters. The molecule has 2 aromatic rings. The molecule has 1 aromatic heterocycles. The van der Waals surface area contributed by atoms with Crippen LogP contribution in [-0.4, -0.2) is 35.4 Å². The van der Waals surface area contributed by atoms with Crippen LogP contribution < -0.4 is 10.2 Å². The molecule has 7 nitrogen and oxygen atoms in total. The second kappa shape index (κ2) is 7.53. The van der Waals surface area contributed by atoms with Crippen molar-refractivity contribution in [2.45, 2.75) is 19.4 Å². The molecule has 0 spiro atoms. The summed E-state index contributed by atoms with van der Waals surface area (Å²) in [6, 6.07) is 9.62. The predicted octanol–water partition coefficient (Wildman–Crippen LogP) is 2.66. The molecule has 2 amide bonds. The van der Waals surface area contributed by atoms with Crippen LogP contribution in [0.15, 0.2) is 42.6 Å². The number of nitrogens with zero attached hydrogens (tertiary/aromatic N) is 2. The summed E-state index contributed by atoms with van der Waals surface area (Å²) < 4.78 is 5.10. The number of carbonyl (C=O) groups excluding carboxylic acids is 3. The third kappa shape index (κ3) is 3.67. The molecule has 26 heavy (non-hydrogen) atoms. The van der Waals surface area contributed by atoms with Crippen molar-refractivity contribution in [3.05, 3.63) is 53.3 Å². The number of benzene rings is 1. The van der Waals surface area contributed by atoms with Gasteiger partial charge in [0.2, 0.25) is 5.91 Å². The molecular weight excluding hydrogens is 358 g/mol. The molecule has 0 aliphatic carbocycles. The number of hydrogen-bond donors (Lipinski definition) is 1. The van der Waals surface area contributed by atoms with Crippen molar-refractivity contribution >= 4 is 40.8 Å². The summed E-state index contributed by atoms with van der Waals surface area (Å²) in [6.07, 6.45) is 1.59. The summed E-state index contributed by atoms with van der Waals surface area (Å²) in [5, 5.41) is 2.78. The number of ether oxygens (including phenoxy) is 1. The highest BCUT2D eigenvalue weighted by molar-refractivity contribution is 6.32. The van der Waals surface area contributed by atoms with E-state index in [-0.39, 0.29) is 29.1 Å². The lowest BCUT2D eigenvalue weighted by Gasteiger charge is -2.27. The number of fused-ring (bicyclic) bond motifs is 1. The number of esters is 1. The number of nitrogens with one attached hydrogen (secondary N) is 1. The number of para-hydroxylation sites is 2. The van der Waals surface area contributed by atoms with Gasteiger partial charge in [-0.1, -0.05) is 23.7 Å². The van der Waals surface area contributed by atoms with Gasteiger partial charge >= 0.3 is 5.97 Å². The van der Waals surface area contributed by atoms with Gasteiger partial charge in [0, 0.05) is 18.7 Å². The number of rotatable bonds is 3. The molecule has 0 saturated carbocycles. The fraction of sp³-hybridized carbons (Fsp3) is 0.222. The Kier molecular flexibility index (Phi) is 5.18. The van der Waals surface area contributed by atoms with Crippen LogP contribution in [-0.2, 0) is 14.3 Å². The van der Waals surface area contributed by atoms with Crippen LogP contribution in [0.3, 0.4) is 0 Å². The van der Waals surface area contributed by atoms with Gasteiger partial charge in [0.05, 0.1) is 16.9 Å². The Morgan fingerprint density at radius 3 is 2.85 bits per heavy atom. The third-order valence-electron chi connectivity index (χ3n) is 3.93. The van der Waals surface area contributed by atoms with Gasteiger partial charge in [0.25, 0.3) is 5.91 Å². The van der Waals surface area contributed by atoms with Crippen LogP contribution in [0.25, 0.3) is 0 Å². The SMILES string of the molecule is C[C@H]1CC(=O)Nc2ccccc2N1C(=O)COC(=O)c1cccnc1Cl. The van der Waals surface area contributed by atoms with Crippen molar-refractivity contribution in [1.29, 1.82) is 0 Å². The van der Waals surface area contributed by atoms with Crippen LogP contribution in [0.2, 0.25) is 5.15 Å². The standard InChI is InChI=1S/C18H16ClN3O4/c1-11-9-15(23)21-13-6-2-3-7-14(13)22(11)16(24)10-26-18(25)12-5-4-8-20-17(12)19/h2-8,11H,9-10H2,1H3,(H,21,23)/t11-/m0/s1. The van der Waals surface area contributed by atoms with E-state index in [0.29, 0.717) is 11.4 Å². The molecule has 8 heteroatoms. The Bertz CT molecular complexity index is 871. The average Bonchev–Trinajstić information content (AvgIpc) is 2.74. The van der Waals surface area contributed by atoms with E-state index in [1.165, 1.54) is 17.2 Å². The van der Waals surface area contributed by atoms with E-state index < -0.39 is 18.5 Å². The fourth-order valence-electron chi connectivity index (χ4n) is 2.78. The highest BCUT2D eigenvalue weighted by atomic mass is 35.5. The van der Waals surface area contributed by atoms with Crippen molar-refractivity contribution in [1.82, 2.24) is 4.98 Å². The van der Waals surface area contributed by atoms with Gasteiger partial charge in [-0.3, -0.25) is 9.59 Å². The summed E-state index contributed by atoms with van der Waals surface area (Å²) in [5.74, 6) is -1.35. The van der Waals surface area contributed by atoms with Crippen molar-refractivity contribution in [3.8, 4) is 0 Å². The molecular formula is C18H16ClN3O4. The first-order chi connectivity index (χ1) is 12.5. The molecule has 0 saturated heterocycles. The minimum atomic E-state index is -0.735. The number of aromatic nitrogens is 1. The Balaban J connectivity index is 1.77.